The maximum atomic E-state index is 9.25. The van der Waals surface area contributed by atoms with Crippen molar-refractivity contribution in [2.24, 2.45) is 0 Å². The fourth-order valence-electron chi connectivity index (χ4n) is 6.86. The molecule has 1 saturated carbocycles. The lowest BCUT2D eigenvalue weighted by atomic mass is 9.90. The minimum absolute atomic E-state index is 0.243. The van der Waals surface area contributed by atoms with E-state index in [4.69, 9.17) is 10.8 Å². The zero-order valence-electron chi connectivity index (χ0n) is 23.4. The van der Waals surface area contributed by atoms with E-state index in [-0.39, 0.29) is 6.61 Å². The summed E-state index contributed by atoms with van der Waals surface area (Å²) in [5, 5.41) is 16.4. The molecule has 0 bridgehead atoms. The summed E-state index contributed by atoms with van der Waals surface area (Å²) in [6.45, 7) is 5.29. The van der Waals surface area contributed by atoms with Crippen LogP contribution in [0.25, 0.3) is 33.2 Å². The number of hydrogen-bond acceptors (Lipinski definition) is 7. The van der Waals surface area contributed by atoms with Gasteiger partial charge in [0.25, 0.3) is 0 Å². The Kier molecular flexibility index (Phi) is 7.16. The van der Waals surface area contributed by atoms with E-state index in [1.165, 1.54) is 11.3 Å². The fourth-order valence-corrected chi connectivity index (χ4v) is 6.86. The van der Waals surface area contributed by atoms with Gasteiger partial charge < -0.3 is 15.8 Å². The Morgan fingerprint density at radius 3 is 2.46 bits per heavy atom. The molecule has 0 unspecified atom stereocenters. The normalized spacial score (nSPS) is 20.7. The van der Waals surface area contributed by atoms with Crippen LogP contribution in [0, 0.1) is 0 Å². The number of nitrogens with two attached hydrogens (primary N) is 1. The number of β-amino-alcohol motifs (C(OH)–C–C–N with tert-alkyl or cyclic N) is 1. The van der Waals surface area contributed by atoms with Gasteiger partial charge in [-0.25, -0.2) is 14.6 Å². The van der Waals surface area contributed by atoms with Crippen molar-refractivity contribution in [3.05, 3.63) is 72.2 Å². The number of rotatable bonds is 7. The Hall–Kier alpha value is -3.79. The Balaban J connectivity index is 1.13. The molecule has 2 aromatic carbocycles. The predicted octanol–water partition coefficient (Wildman–Crippen LogP) is 4.24. The van der Waals surface area contributed by atoms with Crippen LogP contribution in [0.1, 0.15) is 43.0 Å². The molecule has 0 amide bonds. The third-order valence-corrected chi connectivity index (χ3v) is 9.06. The summed E-state index contributed by atoms with van der Waals surface area (Å²) in [5.41, 5.74) is 12.8. The quantitative estimate of drug-likeness (QED) is 0.278. The molecule has 5 aromatic rings. The van der Waals surface area contributed by atoms with Crippen LogP contribution >= 0.6 is 0 Å². The van der Waals surface area contributed by atoms with E-state index < -0.39 is 0 Å². The minimum atomic E-state index is 0.243. The highest BCUT2D eigenvalue weighted by Crippen LogP contribution is 2.37. The number of aliphatic hydroxyl groups is 1. The van der Waals surface area contributed by atoms with Gasteiger partial charge >= 0.3 is 0 Å². The number of aliphatic hydroxyl groups excluding tert-OH is 1. The van der Waals surface area contributed by atoms with E-state index in [0.29, 0.717) is 17.9 Å². The first-order valence-corrected chi connectivity index (χ1v) is 14.9. The molecule has 41 heavy (non-hydrogen) atoms. The molecule has 2 aliphatic rings. The van der Waals surface area contributed by atoms with E-state index in [1.54, 1.807) is 6.33 Å². The van der Waals surface area contributed by atoms with Crippen molar-refractivity contribution in [1.82, 2.24) is 34.5 Å². The molecule has 4 N–H and O–H groups in total. The number of nitrogen functional groups attached to an aromatic ring is 1. The van der Waals surface area contributed by atoms with Crippen molar-refractivity contribution in [3.63, 3.8) is 0 Å². The standard InChI is InChI=1S/C32H38N8O/c33-31-29-30(23-6-11-28-24(19-23)20-25(36-28)18-22-4-2-1-3-5-22)37-40(32(29)35-21-34-31)27-9-7-26(8-10-27)39-14-12-38(13-15-39)16-17-41/h1-6,11,19-21,26-27,36,41H,7-10,12-18H2,(H2,33,34,35)/t26-,27+. The number of fused-ring (bicyclic) bond motifs is 2. The first-order chi connectivity index (χ1) is 20.2. The first-order valence-electron chi connectivity index (χ1n) is 14.9. The summed E-state index contributed by atoms with van der Waals surface area (Å²) in [6.07, 6.45) is 6.87. The predicted molar refractivity (Wildman–Crippen MR) is 163 cm³/mol. The molecule has 1 aliphatic carbocycles. The van der Waals surface area contributed by atoms with E-state index in [9.17, 15) is 5.11 Å². The molecule has 212 valence electrons. The van der Waals surface area contributed by atoms with Crippen molar-refractivity contribution in [1.29, 1.82) is 0 Å². The van der Waals surface area contributed by atoms with Crippen LogP contribution in [-0.2, 0) is 6.42 Å². The number of H-pyrrole nitrogens is 1. The lowest BCUT2D eigenvalue weighted by molar-refractivity contribution is 0.0629. The van der Waals surface area contributed by atoms with Gasteiger partial charge in [-0.05, 0) is 49.4 Å². The zero-order chi connectivity index (χ0) is 27.8. The van der Waals surface area contributed by atoms with Crippen molar-refractivity contribution in [3.8, 4) is 11.3 Å². The molecule has 3 aromatic heterocycles. The molecule has 1 aliphatic heterocycles. The van der Waals surface area contributed by atoms with Gasteiger partial charge in [0.2, 0.25) is 0 Å². The highest BCUT2D eigenvalue weighted by molar-refractivity contribution is 6.00. The molecule has 0 spiro atoms. The number of aromatic amines is 1. The summed E-state index contributed by atoms with van der Waals surface area (Å²) in [5.74, 6) is 0.476. The summed E-state index contributed by atoms with van der Waals surface area (Å²) in [4.78, 5) is 17.6. The highest BCUT2D eigenvalue weighted by Gasteiger charge is 2.31. The van der Waals surface area contributed by atoms with E-state index >= 15 is 0 Å². The average Bonchev–Trinajstić information content (AvgIpc) is 3.60. The summed E-state index contributed by atoms with van der Waals surface area (Å²) in [7, 11) is 0. The van der Waals surface area contributed by atoms with E-state index in [0.717, 1.165) is 98.0 Å². The lowest BCUT2D eigenvalue weighted by Gasteiger charge is -2.41. The first kappa shape index (κ1) is 26.1. The van der Waals surface area contributed by atoms with Gasteiger partial charge in [0.05, 0.1) is 18.0 Å². The topological polar surface area (TPSA) is 112 Å². The zero-order valence-corrected chi connectivity index (χ0v) is 23.4. The monoisotopic (exact) mass is 550 g/mol. The van der Waals surface area contributed by atoms with Gasteiger partial charge in [-0.3, -0.25) is 9.80 Å². The lowest BCUT2D eigenvalue weighted by Crippen LogP contribution is -2.51. The molecule has 2 fully saturated rings. The largest absolute Gasteiger partial charge is 0.395 e. The van der Waals surface area contributed by atoms with Gasteiger partial charge in [0, 0.05) is 67.3 Å². The summed E-state index contributed by atoms with van der Waals surface area (Å²) >= 11 is 0. The van der Waals surface area contributed by atoms with E-state index in [2.05, 4.69) is 78.0 Å². The Labute approximate surface area is 240 Å². The molecule has 9 heteroatoms. The number of anilines is 1. The van der Waals surface area contributed by atoms with Crippen LogP contribution in [0.4, 0.5) is 5.82 Å². The number of hydrogen-bond donors (Lipinski definition) is 3. The van der Waals surface area contributed by atoms with Crippen LogP contribution in [0.15, 0.2) is 60.9 Å². The molecule has 1 saturated heterocycles. The van der Waals surface area contributed by atoms with Crippen molar-refractivity contribution >= 4 is 27.8 Å². The third-order valence-electron chi connectivity index (χ3n) is 9.06. The summed E-state index contributed by atoms with van der Waals surface area (Å²) < 4.78 is 2.13. The summed E-state index contributed by atoms with van der Waals surface area (Å²) in [6, 6.07) is 20.1. The second-order valence-electron chi connectivity index (χ2n) is 11.6. The van der Waals surface area contributed by atoms with Crippen LogP contribution in [0.5, 0.6) is 0 Å². The number of benzene rings is 2. The number of nitrogens with zero attached hydrogens (tertiary/aromatic N) is 6. The van der Waals surface area contributed by atoms with Gasteiger partial charge in [0.15, 0.2) is 5.65 Å². The smallest absolute Gasteiger partial charge is 0.164 e. The molecule has 0 radical (unpaired) electrons. The number of piperazine rings is 1. The maximum absolute atomic E-state index is 9.25. The van der Waals surface area contributed by atoms with Crippen molar-refractivity contribution in [2.75, 3.05) is 45.1 Å². The highest BCUT2D eigenvalue weighted by atomic mass is 16.3. The SMILES string of the molecule is Nc1ncnc2c1c(-c1ccc3[nH]c(Cc4ccccc4)cc3c1)nn2[C@H]1CC[C@@H](N2CCN(CCO)CC2)CC1. The second kappa shape index (κ2) is 11.2. The van der Waals surface area contributed by atoms with Crippen LogP contribution < -0.4 is 5.73 Å². The fraction of sp³-hybridized carbons (Fsp3) is 0.406. The van der Waals surface area contributed by atoms with Crippen molar-refractivity contribution in [2.45, 2.75) is 44.2 Å². The Morgan fingerprint density at radius 1 is 0.902 bits per heavy atom. The molecular formula is C32H38N8O. The second-order valence-corrected chi connectivity index (χ2v) is 11.6. The molecule has 9 nitrogen and oxygen atoms in total. The van der Waals surface area contributed by atoms with Crippen LogP contribution in [-0.4, -0.2) is 85.0 Å². The molecule has 0 atom stereocenters. The van der Waals surface area contributed by atoms with Crippen LogP contribution in [0.3, 0.4) is 0 Å². The number of aromatic nitrogens is 5. The molecule has 4 heterocycles. The van der Waals surface area contributed by atoms with Crippen molar-refractivity contribution < 1.29 is 5.11 Å². The molecular weight excluding hydrogens is 512 g/mol. The van der Waals surface area contributed by atoms with Gasteiger partial charge in [-0.2, -0.15) is 5.10 Å². The Morgan fingerprint density at radius 2 is 1.68 bits per heavy atom. The minimum Gasteiger partial charge on any atom is -0.395 e. The Bertz CT molecular complexity index is 1630. The van der Waals surface area contributed by atoms with E-state index in [1.807, 2.05) is 6.07 Å². The molecule has 7 rings (SSSR count). The number of nitrogens with one attached hydrogen (secondary N) is 1. The third kappa shape index (κ3) is 5.21. The van der Waals surface area contributed by atoms with Gasteiger partial charge in [0.1, 0.15) is 17.8 Å². The maximum Gasteiger partial charge on any atom is 0.164 e. The average molecular weight is 551 g/mol. The van der Waals surface area contributed by atoms with Gasteiger partial charge in [-0.1, -0.05) is 36.4 Å². The van der Waals surface area contributed by atoms with Crippen LogP contribution in [0.2, 0.25) is 0 Å². The van der Waals surface area contributed by atoms with Gasteiger partial charge in [-0.15, -0.1) is 0 Å².